The molecule has 0 bridgehead atoms. The van der Waals surface area contributed by atoms with Gasteiger partial charge in [0.05, 0.1) is 30.4 Å². The number of para-hydroxylation sites is 2. The van der Waals surface area contributed by atoms with E-state index in [1.165, 1.54) is 11.0 Å². The third-order valence-electron chi connectivity index (χ3n) is 5.27. The van der Waals surface area contributed by atoms with E-state index < -0.39 is 16.9 Å². The van der Waals surface area contributed by atoms with Crippen LogP contribution in [0.4, 0.5) is 11.4 Å². The average Bonchev–Trinajstić information content (AvgIpc) is 2.78. The van der Waals surface area contributed by atoms with Gasteiger partial charge in [0, 0.05) is 30.3 Å². The van der Waals surface area contributed by atoms with E-state index in [-0.39, 0.29) is 23.7 Å². The minimum absolute atomic E-state index is 0.0215. The summed E-state index contributed by atoms with van der Waals surface area (Å²) in [5, 5.41) is 11.3. The number of nitro benzene ring substituents is 1. The first-order valence-electron chi connectivity index (χ1n) is 9.65. The van der Waals surface area contributed by atoms with Crippen molar-refractivity contribution in [3.63, 3.8) is 0 Å². The standard InChI is InChI=1S/C21H21N3O6/c1-14-6-7-15(12-17(14)24(27)28)20(25)23-13-19(21(26)22-8-10-29-11-9-22)30-18-5-3-2-4-16(18)23/h2-7,12,19H,8-11,13H2,1H3/t19-/m1/s1. The highest BCUT2D eigenvalue weighted by atomic mass is 16.6. The summed E-state index contributed by atoms with van der Waals surface area (Å²) >= 11 is 0. The highest BCUT2D eigenvalue weighted by molar-refractivity contribution is 6.08. The van der Waals surface area contributed by atoms with Gasteiger partial charge in [0.25, 0.3) is 17.5 Å². The largest absolute Gasteiger partial charge is 0.476 e. The number of aryl methyl sites for hydroxylation is 1. The van der Waals surface area contributed by atoms with Gasteiger partial charge in [-0.2, -0.15) is 0 Å². The maximum atomic E-state index is 13.3. The number of fused-ring (bicyclic) bond motifs is 1. The van der Waals surface area contributed by atoms with Crippen LogP contribution in [0.25, 0.3) is 0 Å². The van der Waals surface area contributed by atoms with Gasteiger partial charge in [-0.15, -0.1) is 0 Å². The monoisotopic (exact) mass is 411 g/mol. The normalized spacial score (nSPS) is 18.4. The molecule has 2 aromatic rings. The van der Waals surface area contributed by atoms with Crippen molar-refractivity contribution in [1.82, 2.24) is 4.90 Å². The second-order valence-electron chi connectivity index (χ2n) is 7.19. The van der Waals surface area contributed by atoms with E-state index in [0.717, 1.165) is 0 Å². The molecule has 0 aromatic heterocycles. The minimum Gasteiger partial charge on any atom is -0.476 e. The van der Waals surface area contributed by atoms with Crippen LogP contribution >= 0.6 is 0 Å². The highest BCUT2D eigenvalue weighted by Gasteiger charge is 2.37. The molecule has 2 heterocycles. The summed E-state index contributed by atoms with van der Waals surface area (Å²) in [5.41, 5.74) is 1.06. The maximum Gasteiger partial charge on any atom is 0.273 e. The number of carbonyl (C=O) groups is 2. The number of nitro groups is 1. The molecular formula is C21H21N3O6. The summed E-state index contributed by atoms with van der Waals surface area (Å²) in [7, 11) is 0. The van der Waals surface area contributed by atoms with Crippen LogP contribution < -0.4 is 9.64 Å². The summed E-state index contributed by atoms with van der Waals surface area (Å²) in [6, 6.07) is 11.3. The number of benzene rings is 2. The van der Waals surface area contributed by atoms with Crippen LogP contribution in [0.2, 0.25) is 0 Å². The van der Waals surface area contributed by atoms with Gasteiger partial charge in [-0.05, 0) is 25.1 Å². The van der Waals surface area contributed by atoms with E-state index in [9.17, 15) is 19.7 Å². The van der Waals surface area contributed by atoms with Gasteiger partial charge in [-0.1, -0.05) is 18.2 Å². The van der Waals surface area contributed by atoms with Crippen molar-refractivity contribution < 1.29 is 24.0 Å². The molecule has 0 aliphatic carbocycles. The van der Waals surface area contributed by atoms with Crippen molar-refractivity contribution in [2.45, 2.75) is 13.0 Å². The lowest BCUT2D eigenvalue weighted by Crippen LogP contribution is -2.54. The Labute approximate surface area is 172 Å². The number of nitrogens with zero attached hydrogens (tertiary/aromatic N) is 3. The van der Waals surface area contributed by atoms with E-state index in [2.05, 4.69) is 0 Å². The van der Waals surface area contributed by atoms with Crippen LogP contribution in [0.15, 0.2) is 42.5 Å². The first-order valence-corrected chi connectivity index (χ1v) is 9.65. The number of ether oxygens (including phenoxy) is 2. The Morgan fingerprint density at radius 2 is 1.87 bits per heavy atom. The number of anilines is 1. The number of amides is 2. The molecule has 1 atom stereocenters. The third kappa shape index (κ3) is 3.71. The fraction of sp³-hybridized carbons (Fsp3) is 0.333. The molecule has 9 nitrogen and oxygen atoms in total. The quantitative estimate of drug-likeness (QED) is 0.567. The zero-order valence-corrected chi connectivity index (χ0v) is 16.4. The molecule has 1 fully saturated rings. The van der Waals surface area contributed by atoms with Gasteiger partial charge in [0.1, 0.15) is 5.75 Å². The first kappa shape index (κ1) is 19.8. The van der Waals surface area contributed by atoms with Crippen LogP contribution in [0, 0.1) is 17.0 Å². The molecule has 2 aliphatic heterocycles. The summed E-state index contributed by atoms with van der Waals surface area (Å²) in [6.45, 7) is 3.51. The second-order valence-corrected chi connectivity index (χ2v) is 7.19. The average molecular weight is 411 g/mol. The number of hydrogen-bond acceptors (Lipinski definition) is 6. The number of rotatable bonds is 3. The van der Waals surface area contributed by atoms with Gasteiger partial charge >= 0.3 is 0 Å². The molecule has 0 radical (unpaired) electrons. The molecule has 0 N–H and O–H groups in total. The Bertz CT molecular complexity index is 1000. The maximum absolute atomic E-state index is 13.3. The molecule has 4 rings (SSSR count). The van der Waals surface area contributed by atoms with Crippen molar-refractivity contribution in [3.05, 3.63) is 63.7 Å². The summed E-state index contributed by atoms with van der Waals surface area (Å²) in [4.78, 5) is 40.2. The Morgan fingerprint density at radius 3 is 2.60 bits per heavy atom. The Hall–Kier alpha value is -3.46. The van der Waals surface area contributed by atoms with Crippen LogP contribution in [0.3, 0.4) is 0 Å². The van der Waals surface area contributed by atoms with Gasteiger partial charge in [0.2, 0.25) is 0 Å². The molecule has 2 aromatic carbocycles. The van der Waals surface area contributed by atoms with Crippen LogP contribution in [0.5, 0.6) is 5.75 Å². The minimum atomic E-state index is -0.859. The Kier molecular flexibility index (Phi) is 5.37. The molecule has 0 saturated carbocycles. The van der Waals surface area contributed by atoms with Gasteiger partial charge in [0.15, 0.2) is 6.10 Å². The lowest BCUT2D eigenvalue weighted by atomic mass is 10.1. The SMILES string of the molecule is Cc1ccc(C(=O)N2C[C@H](C(=O)N3CCOCC3)Oc3ccccc32)cc1[N+](=O)[O-]. The molecule has 1 saturated heterocycles. The molecule has 30 heavy (non-hydrogen) atoms. The molecular weight excluding hydrogens is 390 g/mol. The summed E-state index contributed by atoms with van der Waals surface area (Å²) < 4.78 is 11.2. The van der Waals surface area contributed by atoms with Crippen LogP contribution in [-0.4, -0.2) is 60.6 Å². The third-order valence-corrected chi connectivity index (χ3v) is 5.27. The highest BCUT2D eigenvalue weighted by Crippen LogP contribution is 2.35. The van der Waals surface area contributed by atoms with Crippen LogP contribution in [0.1, 0.15) is 15.9 Å². The number of hydrogen-bond donors (Lipinski definition) is 0. The van der Waals surface area contributed by atoms with Crippen molar-refractivity contribution in [2.75, 3.05) is 37.7 Å². The Balaban J connectivity index is 1.66. The molecule has 9 heteroatoms. The van der Waals surface area contributed by atoms with Gasteiger partial charge < -0.3 is 19.3 Å². The topological polar surface area (TPSA) is 102 Å². The lowest BCUT2D eigenvalue weighted by molar-refractivity contribution is -0.385. The smallest absolute Gasteiger partial charge is 0.273 e. The zero-order valence-electron chi connectivity index (χ0n) is 16.4. The predicted octanol–water partition coefficient (Wildman–Crippen LogP) is 2.17. The molecule has 0 spiro atoms. The van der Waals surface area contributed by atoms with E-state index in [0.29, 0.717) is 43.3 Å². The van der Waals surface area contributed by atoms with Crippen LogP contribution in [-0.2, 0) is 9.53 Å². The number of carbonyl (C=O) groups excluding carboxylic acids is 2. The molecule has 156 valence electrons. The Morgan fingerprint density at radius 1 is 1.13 bits per heavy atom. The van der Waals surface area contributed by atoms with E-state index in [1.807, 2.05) is 0 Å². The fourth-order valence-electron chi connectivity index (χ4n) is 3.64. The first-order chi connectivity index (χ1) is 14.5. The van der Waals surface area contributed by atoms with Crippen molar-refractivity contribution >= 4 is 23.2 Å². The predicted molar refractivity (Wildman–Crippen MR) is 108 cm³/mol. The molecule has 2 aliphatic rings. The van der Waals surface area contributed by atoms with Crippen molar-refractivity contribution in [1.29, 1.82) is 0 Å². The lowest BCUT2D eigenvalue weighted by Gasteiger charge is -2.37. The summed E-state index contributed by atoms with van der Waals surface area (Å²) in [5.74, 6) is -0.209. The van der Waals surface area contributed by atoms with E-state index >= 15 is 0 Å². The van der Waals surface area contributed by atoms with Gasteiger partial charge in [-0.3, -0.25) is 19.7 Å². The molecule has 2 amide bonds. The zero-order chi connectivity index (χ0) is 21.3. The van der Waals surface area contributed by atoms with E-state index in [4.69, 9.17) is 9.47 Å². The molecule has 0 unspecified atom stereocenters. The van der Waals surface area contributed by atoms with Crippen molar-refractivity contribution in [3.8, 4) is 5.75 Å². The summed E-state index contributed by atoms with van der Waals surface area (Å²) in [6.07, 6.45) is -0.859. The van der Waals surface area contributed by atoms with E-state index in [1.54, 1.807) is 48.2 Å². The number of morpholine rings is 1. The van der Waals surface area contributed by atoms with Gasteiger partial charge in [-0.25, -0.2) is 0 Å². The fourth-order valence-corrected chi connectivity index (χ4v) is 3.64. The van der Waals surface area contributed by atoms with Crippen molar-refractivity contribution in [2.24, 2.45) is 0 Å². The second kappa shape index (κ2) is 8.11.